The lowest BCUT2D eigenvalue weighted by atomic mass is 10.0. The van der Waals surface area contributed by atoms with Crippen LogP contribution in [0, 0.1) is 0 Å². The highest BCUT2D eigenvalue weighted by Crippen LogP contribution is 2.24. The average Bonchev–Trinajstić information content (AvgIpc) is 3.13. The molecule has 0 aliphatic carbocycles. The minimum absolute atomic E-state index is 0. The number of aromatic amines is 1. The first-order valence-corrected chi connectivity index (χ1v) is 10.4. The van der Waals surface area contributed by atoms with E-state index in [0.29, 0.717) is 16.8 Å². The predicted octanol–water partition coefficient (Wildman–Crippen LogP) is 1.83. The minimum atomic E-state index is -0.164. The van der Waals surface area contributed by atoms with Crippen molar-refractivity contribution < 1.29 is 26.4 Å². The lowest BCUT2D eigenvalue weighted by Crippen LogP contribution is -3.00. The SMILES string of the molecule is C[N+](C)(Cc1ccc(NC(=O)c2cc3cc(Cl)ccc3[nH]2)cc1)C1CCOCC1.[Cl-]. The molecule has 1 aliphatic heterocycles. The number of halogens is 2. The van der Waals surface area contributed by atoms with Gasteiger partial charge in [-0.1, -0.05) is 23.7 Å². The summed E-state index contributed by atoms with van der Waals surface area (Å²) in [7, 11) is 4.57. The molecule has 2 N–H and O–H groups in total. The number of aromatic nitrogens is 1. The van der Waals surface area contributed by atoms with E-state index in [1.165, 1.54) is 5.56 Å². The molecule has 1 aromatic heterocycles. The maximum atomic E-state index is 12.6. The van der Waals surface area contributed by atoms with Crippen molar-refractivity contribution in [2.24, 2.45) is 0 Å². The van der Waals surface area contributed by atoms with Crippen molar-refractivity contribution in [3.05, 3.63) is 64.8 Å². The highest BCUT2D eigenvalue weighted by molar-refractivity contribution is 6.31. The van der Waals surface area contributed by atoms with Gasteiger partial charge in [0.15, 0.2) is 0 Å². The molecule has 3 aromatic rings. The van der Waals surface area contributed by atoms with Crippen LogP contribution in [-0.4, -0.2) is 48.7 Å². The van der Waals surface area contributed by atoms with Gasteiger partial charge < -0.3 is 31.9 Å². The van der Waals surface area contributed by atoms with Gasteiger partial charge in [-0.15, -0.1) is 0 Å². The van der Waals surface area contributed by atoms with Crippen molar-refractivity contribution in [2.75, 3.05) is 32.6 Å². The lowest BCUT2D eigenvalue weighted by molar-refractivity contribution is -0.929. The van der Waals surface area contributed by atoms with Crippen LogP contribution in [0.4, 0.5) is 5.69 Å². The van der Waals surface area contributed by atoms with E-state index in [1.54, 1.807) is 6.07 Å². The molecule has 0 atom stereocenters. The fraction of sp³-hybridized carbons (Fsp3) is 0.348. The molecule has 30 heavy (non-hydrogen) atoms. The Kier molecular flexibility index (Phi) is 7.09. The monoisotopic (exact) mass is 447 g/mol. The topological polar surface area (TPSA) is 54.1 Å². The number of benzene rings is 2. The van der Waals surface area contributed by atoms with Crippen molar-refractivity contribution in [3.63, 3.8) is 0 Å². The molecule has 1 aliphatic rings. The number of ether oxygens (including phenoxy) is 1. The van der Waals surface area contributed by atoms with E-state index < -0.39 is 0 Å². The number of carbonyl (C=O) groups excluding carboxylic acids is 1. The van der Waals surface area contributed by atoms with E-state index in [2.05, 4.69) is 36.5 Å². The summed E-state index contributed by atoms with van der Waals surface area (Å²) < 4.78 is 6.45. The van der Waals surface area contributed by atoms with Gasteiger partial charge in [0.1, 0.15) is 12.2 Å². The summed E-state index contributed by atoms with van der Waals surface area (Å²) in [5.41, 5.74) is 3.46. The molecular formula is C23H27Cl2N3O2. The van der Waals surface area contributed by atoms with Crippen molar-refractivity contribution in [1.29, 1.82) is 0 Å². The Balaban J connectivity index is 0.00000256. The zero-order valence-electron chi connectivity index (χ0n) is 17.3. The number of fused-ring (bicyclic) bond motifs is 1. The zero-order valence-corrected chi connectivity index (χ0v) is 18.8. The van der Waals surface area contributed by atoms with Crippen molar-refractivity contribution >= 4 is 34.1 Å². The fourth-order valence-electron chi connectivity index (χ4n) is 4.10. The number of rotatable bonds is 5. The second kappa shape index (κ2) is 9.40. The Morgan fingerprint density at radius 1 is 1.13 bits per heavy atom. The van der Waals surface area contributed by atoms with E-state index >= 15 is 0 Å². The summed E-state index contributed by atoms with van der Waals surface area (Å²) in [4.78, 5) is 15.7. The van der Waals surface area contributed by atoms with E-state index in [0.717, 1.165) is 53.7 Å². The molecule has 0 unspecified atom stereocenters. The molecule has 2 heterocycles. The molecule has 0 saturated carbocycles. The lowest BCUT2D eigenvalue weighted by Gasteiger charge is -2.40. The van der Waals surface area contributed by atoms with E-state index in [9.17, 15) is 4.79 Å². The van der Waals surface area contributed by atoms with Gasteiger partial charge in [-0.2, -0.15) is 0 Å². The predicted molar refractivity (Wildman–Crippen MR) is 117 cm³/mol. The smallest absolute Gasteiger partial charge is 0.272 e. The molecule has 1 amide bonds. The maximum absolute atomic E-state index is 12.6. The molecule has 7 heteroatoms. The molecule has 0 bridgehead atoms. The van der Waals surface area contributed by atoms with Crippen molar-refractivity contribution in [3.8, 4) is 0 Å². The van der Waals surface area contributed by atoms with Gasteiger partial charge in [0.05, 0.1) is 33.4 Å². The minimum Gasteiger partial charge on any atom is -1.00 e. The molecule has 1 fully saturated rings. The van der Waals surface area contributed by atoms with E-state index in [-0.39, 0.29) is 18.3 Å². The van der Waals surface area contributed by atoms with Crippen LogP contribution in [0.1, 0.15) is 28.9 Å². The van der Waals surface area contributed by atoms with Crippen molar-refractivity contribution in [2.45, 2.75) is 25.4 Å². The van der Waals surface area contributed by atoms with Crippen LogP contribution < -0.4 is 17.7 Å². The Hall–Kier alpha value is -2.05. The largest absolute Gasteiger partial charge is 1.00 e. The molecule has 0 radical (unpaired) electrons. The first kappa shape index (κ1) is 22.6. The Labute approximate surface area is 188 Å². The van der Waals surface area contributed by atoms with Gasteiger partial charge in [-0.25, -0.2) is 0 Å². The van der Waals surface area contributed by atoms with Gasteiger partial charge in [-0.05, 0) is 36.4 Å². The number of hydrogen-bond donors (Lipinski definition) is 2. The number of H-pyrrole nitrogens is 1. The second-order valence-electron chi connectivity index (χ2n) is 8.35. The van der Waals surface area contributed by atoms with E-state index in [4.69, 9.17) is 16.3 Å². The third-order valence-electron chi connectivity index (χ3n) is 5.81. The number of hydrogen-bond acceptors (Lipinski definition) is 2. The number of amides is 1. The van der Waals surface area contributed by atoms with Gasteiger partial charge in [-0.3, -0.25) is 4.79 Å². The summed E-state index contributed by atoms with van der Waals surface area (Å²) in [5.74, 6) is -0.164. The van der Waals surface area contributed by atoms with Gasteiger partial charge in [0.25, 0.3) is 5.91 Å². The summed E-state index contributed by atoms with van der Waals surface area (Å²) in [6, 6.07) is 16.1. The summed E-state index contributed by atoms with van der Waals surface area (Å²) in [6.07, 6.45) is 2.22. The van der Waals surface area contributed by atoms with E-state index in [1.807, 2.05) is 30.3 Å². The fourth-order valence-corrected chi connectivity index (χ4v) is 4.28. The third kappa shape index (κ3) is 5.16. The van der Waals surface area contributed by atoms with Crippen LogP contribution in [0.15, 0.2) is 48.5 Å². The Bertz CT molecular complexity index is 1010. The molecule has 2 aromatic carbocycles. The normalized spacial score (nSPS) is 15.0. The number of nitrogens with zero attached hydrogens (tertiary/aromatic N) is 1. The molecule has 5 nitrogen and oxygen atoms in total. The molecule has 4 rings (SSSR count). The van der Waals surface area contributed by atoms with Crippen molar-refractivity contribution in [1.82, 2.24) is 4.98 Å². The first-order valence-electron chi connectivity index (χ1n) is 10.00. The van der Waals surface area contributed by atoms with Crippen LogP contribution in [0.25, 0.3) is 10.9 Å². The molecular weight excluding hydrogens is 421 g/mol. The van der Waals surface area contributed by atoms with Crippen LogP contribution in [0.5, 0.6) is 0 Å². The van der Waals surface area contributed by atoms with Gasteiger partial charge >= 0.3 is 0 Å². The molecule has 0 spiro atoms. The number of nitrogens with one attached hydrogen (secondary N) is 2. The molecule has 160 valence electrons. The Morgan fingerprint density at radius 2 is 1.83 bits per heavy atom. The van der Waals surface area contributed by atoms with Crippen LogP contribution in [-0.2, 0) is 11.3 Å². The Morgan fingerprint density at radius 3 is 2.53 bits per heavy atom. The summed E-state index contributed by atoms with van der Waals surface area (Å²) >= 11 is 6.03. The zero-order chi connectivity index (χ0) is 20.4. The summed E-state index contributed by atoms with van der Waals surface area (Å²) in [6.45, 7) is 2.68. The summed E-state index contributed by atoms with van der Waals surface area (Å²) in [5, 5.41) is 4.54. The number of quaternary nitrogens is 1. The third-order valence-corrected chi connectivity index (χ3v) is 6.04. The average molecular weight is 448 g/mol. The first-order chi connectivity index (χ1) is 13.9. The van der Waals surface area contributed by atoms with Crippen LogP contribution >= 0.6 is 11.6 Å². The van der Waals surface area contributed by atoms with Crippen LogP contribution in [0.2, 0.25) is 5.02 Å². The van der Waals surface area contributed by atoms with Gasteiger partial charge in [0, 0.05) is 40.0 Å². The highest BCUT2D eigenvalue weighted by atomic mass is 35.5. The number of anilines is 1. The number of carbonyl (C=O) groups is 1. The van der Waals surface area contributed by atoms with Gasteiger partial charge in [0.2, 0.25) is 0 Å². The highest BCUT2D eigenvalue weighted by Gasteiger charge is 2.30. The molecule has 1 saturated heterocycles. The second-order valence-corrected chi connectivity index (χ2v) is 8.78. The quantitative estimate of drug-likeness (QED) is 0.586. The van der Waals surface area contributed by atoms with Crippen LogP contribution in [0.3, 0.4) is 0 Å². The standard InChI is InChI=1S/C23H26ClN3O2.ClH/c1-27(2,20-9-11-29-12-10-20)15-16-3-6-19(7-4-16)25-23(28)22-14-17-13-18(24)5-8-21(17)26-22;/h3-8,13-14,20H,9-12,15H2,1-2H3,(H-,25,26,28);1H. The maximum Gasteiger partial charge on any atom is 0.272 e.